The normalized spacial score (nSPS) is 15.5. The lowest BCUT2D eigenvalue weighted by atomic mass is 9.94. The van der Waals surface area contributed by atoms with Crippen molar-refractivity contribution in [3.63, 3.8) is 0 Å². The Balaban J connectivity index is 1.92. The van der Waals surface area contributed by atoms with Gasteiger partial charge in [-0.3, -0.25) is 4.79 Å². The van der Waals surface area contributed by atoms with E-state index in [1.54, 1.807) is 0 Å². The van der Waals surface area contributed by atoms with Crippen molar-refractivity contribution in [2.75, 3.05) is 26.3 Å². The molecule has 2 aromatic rings. The first-order valence-electron chi connectivity index (χ1n) is 10.9. The van der Waals surface area contributed by atoms with Crippen molar-refractivity contribution in [1.29, 1.82) is 0 Å². The number of ether oxygens (including phenoxy) is 1. The Morgan fingerprint density at radius 1 is 1.21 bits per heavy atom. The van der Waals surface area contributed by atoms with Gasteiger partial charge in [0.25, 0.3) is 5.91 Å². The van der Waals surface area contributed by atoms with Crippen LogP contribution in [-0.4, -0.2) is 46.7 Å². The highest BCUT2D eigenvalue weighted by Gasteiger charge is 2.25. The molecule has 0 spiro atoms. The number of aromatic nitrogens is 2. The molecule has 1 aliphatic heterocycles. The molecule has 1 aromatic heterocycles. The predicted molar refractivity (Wildman–Crippen MR) is 117 cm³/mol. The van der Waals surface area contributed by atoms with Crippen LogP contribution in [0.5, 0.6) is 0 Å². The van der Waals surface area contributed by atoms with E-state index in [4.69, 9.17) is 9.72 Å². The summed E-state index contributed by atoms with van der Waals surface area (Å²) in [6.45, 7) is 14.8. The highest BCUT2D eigenvalue weighted by Crippen LogP contribution is 2.29. The van der Waals surface area contributed by atoms with Crippen LogP contribution >= 0.6 is 0 Å². The van der Waals surface area contributed by atoms with Gasteiger partial charge in [0.2, 0.25) is 0 Å². The molecule has 1 saturated heterocycles. The zero-order valence-electron chi connectivity index (χ0n) is 18.6. The Bertz CT molecular complexity index is 825. The van der Waals surface area contributed by atoms with Crippen LogP contribution in [-0.2, 0) is 16.7 Å². The molecule has 3 rings (SSSR count). The van der Waals surface area contributed by atoms with Gasteiger partial charge >= 0.3 is 0 Å². The van der Waals surface area contributed by atoms with Gasteiger partial charge in [0, 0.05) is 55.6 Å². The molecule has 0 aliphatic carbocycles. The number of amides is 1. The molecule has 0 atom stereocenters. The first-order chi connectivity index (χ1) is 13.8. The molecule has 1 aliphatic rings. The van der Waals surface area contributed by atoms with Crippen LogP contribution in [0.3, 0.4) is 0 Å². The third-order valence-corrected chi connectivity index (χ3v) is 5.70. The molecule has 5 nitrogen and oxygen atoms in total. The maximum absolute atomic E-state index is 12.8. The quantitative estimate of drug-likeness (QED) is 0.706. The fourth-order valence-electron chi connectivity index (χ4n) is 4.00. The molecule has 0 radical (unpaired) electrons. The molecule has 0 bridgehead atoms. The second kappa shape index (κ2) is 9.12. The average molecular weight is 398 g/mol. The second-order valence-electron chi connectivity index (χ2n) is 8.97. The van der Waals surface area contributed by atoms with E-state index in [9.17, 15) is 4.79 Å². The molecular formula is C24H35N3O2. The second-order valence-corrected chi connectivity index (χ2v) is 8.97. The van der Waals surface area contributed by atoms with Crippen molar-refractivity contribution in [2.24, 2.45) is 5.92 Å². The summed E-state index contributed by atoms with van der Waals surface area (Å²) in [4.78, 5) is 19.6. The molecule has 1 aromatic carbocycles. The number of hydrogen-bond acceptors (Lipinski definition) is 3. The summed E-state index contributed by atoms with van der Waals surface area (Å²) in [5.41, 5.74) is 2.62. The first-order valence-corrected chi connectivity index (χ1v) is 10.9. The Labute approximate surface area is 175 Å². The van der Waals surface area contributed by atoms with Crippen LogP contribution in [0.25, 0.3) is 11.3 Å². The number of imidazole rings is 1. The van der Waals surface area contributed by atoms with Crippen LogP contribution in [0.2, 0.25) is 0 Å². The van der Waals surface area contributed by atoms with Gasteiger partial charge in [-0.05, 0) is 44.7 Å². The van der Waals surface area contributed by atoms with E-state index < -0.39 is 0 Å². The minimum atomic E-state index is -0.0436. The zero-order valence-corrected chi connectivity index (χ0v) is 18.6. The predicted octanol–water partition coefficient (Wildman–Crippen LogP) is 4.76. The van der Waals surface area contributed by atoms with Crippen LogP contribution in [0.4, 0.5) is 0 Å². The lowest BCUT2D eigenvalue weighted by Gasteiger charge is -2.25. The van der Waals surface area contributed by atoms with Crippen molar-refractivity contribution in [2.45, 2.75) is 59.4 Å². The molecule has 5 heteroatoms. The Kier molecular flexibility index (Phi) is 6.78. The molecular weight excluding hydrogens is 362 g/mol. The minimum absolute atomic E-state index is 0.0436. The van der Waals surface area contributed by atoms with Crippen molar-refractivity contribution in [1.82, 2.24) is 14.5 Å². The summed E-state index contributed by atoms with van der Waals surface area (Å²) in [5, 5.41) is 0. The number of carbonyl (C=O) groups is 1. The fourth-order valence-corrected chi connectivity index (χ4v) is 4.00. The van der Waals surface area contributed by atoms with Crippen molar-refractivity contribution in [3.05, 3.63) is 41.9 Å². The monoisotopic (exact) mass is 397 g/mol. The molecule has 29 heavy (non-hydrogen) atoms. The maximum Gasteiger partial charge on any atom is 0.253 e. The number of benzene rings is 1. The van der Waals surface area contributed by atoms with Crippen LogP contribution < -0.4 is 0 Å². The smallest absolute Gasteiger partial charge is 0.253 e. The van der Waals surface area contributed by atoms with E-state index >= 15 is 0 Å². The van der Waals surface area contributed by atoms with Crippen molar-refractivity contribution in [3.8, 4) is 11.3 Å². The summed E-state index contributed by atoms with van der Waals surface area (Å²) in [6, 6.07) is 7.88. The van der Waals surface area contributed by atoms with E-state index in [0.717, 1.165) is 55.2 Å². The SMILES string of the molecule is CCN(CC)C(=O)c1cccc(-c2cn(CC3CCOCC3)c(C(C)(C)C)n2)c1. The van der Waals surface area contributed by atoms with E-state index in [-0.39, 0.29) is 11.3 Å². The third kappa shape index (κ3) is 5.08. The zero-order chi connectivity index (χ0) is 21.0. The maximum atomic E-state index is 12.8. The largest absolute Gasteiger partial charge is 0.381 e. The number of rotatable bonds is 6. The van der Waals surface area contributed by atoms with Gasteiger partial charge in [0.05, 0.1) is 5.69 Å². The van der Waals surface area contributed by atoms with E-state index in [0.29, 0.717) is 19.0 Å². The standard InChI is InChI=1S/C24H35N3O2/c1-6-26(7-2)22(28)20-10-8-9-19(15-20)21-17-27(23(25-21)24(3,4)5)16-18-11-13-29-14-12-18/h8-10,15,17-18H,6-7,11-14,16H2,1-5H3. The molecule has 0 N–H and O–H groups in total. The highest BCUT2D eigenvalue weighted by molar-refractivity contribution is 5.95. The van der Waals surface area contributed by atoms with Gasteiger partial charge in [-0.25, -0.2) is 4.98 Å². The summed E-state index contributed by atoms with van der Waals surface area (Å²) in [6.07, 6.45) is 4.37. The minimum Gasteiger partial charge on any atom is -0.381 e. The Morgan fingerprint density at radius 3 is 2.52 bits per heavy atom. The molecule has 2 heterocycles. The van der Waals surface area contributed by atoms with Gasteiger partial charge < -0.3 is 14.2 Å². The number of hydrogen-bond donors (Lipinski definition) is 0. The Hall–Kier alpha value is -2.14. The van der Waals surface area contributed by atoms with Gasteiger partial charge in [-0.1, -0.05) is 32.9 Å². The summed E-state index contributed by atoms with van der Waals surface area (Å²) >= 11 is 0. The van der Waals surface area contributed by atoms with E-state index in [1.807, 2.05) is 43.0 Å². The number of nitrogens with zero attached hydrogens (tertiary/aromatic N) is 3. The summed E-state index contributed by atoms with van der Waals surface area (Å²) < 4.78 is 7.85. The fraction of sp³-hybridized carbons (Fsp3) is 0.583. The van der Waals surface area contributed by atoms with E-state index in [1.165, 1.54) is 0 Å². The lowest BCUT2D eigenvalue weighted by Crippen LogP contribution is -2.30. The highest BCUT2D eigenvalue weighted by atomic mass is 16.5. The summed E-state index contributed by atoms with van der Waals surface area (Å²) in [7, 11) is 0. The Morgan fingerprint density at radius 2 is 1.90 bits per heavy atom. The van der Waals surface area contributed by atoms with Crippen LogP contribution in [0, 0.1) is 5.92 Å². The topological polar surface area (TPSA) is 47.4 Å². The van der Waals surface area contributed by atoms with Crippen molar-refractivity contribution >= 4 is 5.91 Å². The van der Waals surface area contributed by atoms with Gasteiger partial charge in [0.15, 0.2) is 0 Å². The lowest BCUT2D eigenvalue weighted by molar-refractivity contribution is 0.0607. The number of carbonyl (C=O) groups excluding carboxylic acids is 1. The van der Waals surface area contributed by atoms with Gasteiger partial charge in [-0.15, -0.1) is 0 Å². The molecule has 0 saturated carbocycles. The molecule has 1 amide bonds. The third-order valence-electron chi connectivity index (χ3n) is 5.70. The van der Waals surface area contributed by atoms with Gasteiger partial charge in [-0.2, -0.15) is 0 Å². The van der Waals surface area contributed by atoms with Crippen molar-refractivity contribution < 1.29 is 9.53 Å². The molecule has 0 unspecified atom stereocenters. The molecule has 158 valence electrons. The summed E-state index contributed by atoms with van der Waals surface area (Å²) in [5.74, 6) is 1.80. The van der Waals surface area contributed by atoms with Crippen LogP contribution in [0.15, 0.2) is 30.5 Å². The molecule has 1 fully saturated rings. The van der Waals surface area contributed by atoms with Gasteiger partial charge in [0.1, 0.15) is 5.82 Å². The van der Waals surface area contributed by atoms with Crippen LogP contribution in [0.1, 0.15) is 63.6 Å². The first kappa shape index (κ1) is 21.6. The average Bonchev–Trinajstić information content (AvgIpc) is 3.14. The van der Waals surface area contributed by atoms with E-state index in [2.05, 4.69) is 31.5 Å².